The van der Waals surface area contributed by atoms with Gasteiger partial charge in [-0.15, -0.1) is 0 Å². The van der Waals surface area contributed by atoms with Gasteiger partial charge >= 0.3 is 69.5 Å². The van der Waals surface area contributed by atoms with Crippen molar-refractivity contribution in [1.29, 1.82) is 0 Å². The van der Waals surface area contributed by atoms with E-state index in [1.807, 2.05) is 0 Å². The van der Waals surface area contributed by atoms with Crippen LogP contribution in [0.5, 0.6) is 0 Å². The van der Waals surface area contributed by atoms with Gasteiger partial charge in [-0.3, -0.25) is 0 Å². The van der Waals surface area contributed by atoms with Crippen molar-refractivity contribution in [2.45, 2.75) is 139 Å². The van der Waals surface area contributed by atoms with Crippen LogP contribution in [0.3, 0.4) is 0 Å². The Morgan fingerprint density at radius 2 is 0.769 bits per heavy atom. The van der Waals surface area contributed by atoms with Gasteiger partial charge in [-0.2, -0.15) is 0 Å². The predicted octanol–water partition coefficient (Wildman–Crippen LogP) is 8.85. The van der Waals surface area contributed by atoms with Gasteiger partial charge in [-0.25, -0.2) is 0 Å². The summed E-state index contributed by atoms with van der Waals surface area (Å²) in [6.45, 7) is 11.1. The molecule has 0 aliphatic carbocycles. The maximum absolute atomic E-state index is 5.65. The van der Waals surface area contributed by atoms with Gasteiger partial charge in [0, 0.05) is 13.2 Å². The zero-order valence-corrected chi connectivity index (χ0v) is 21.9. The summed E-state index contributed by atoms with van der Waals surface area (Å²) < 4.78 is 8.90. The summed E-state index contributed by atoms with van der Waals surface area (Å²) in [5.74, 6) is 0. The van der Waals surface area contributed by atoms with Crippen LogP contribution in [0.1, 0.15) is 130 Å². The first-order valence-electron chi connectivity index (χ1n) is 12.1. The standard InChI is InChI=1S/C16H34O.2C4H9.Sn/c1-3-5-7-9-11-13-15-17-16-14-12-10-8-6-4-2;2*1-3-4-2;/h3-16H2,1-2H3;2*1,3-4H2,2H3;. The van der Waals surface area contributed by atoms with Crippen LogP contribution in [-0.4, -0.2) is 34.4 Å². The molecule has 0 saturated heterocycles. The van der Waals surface area contributed by atoms with Gasteiger partial charge < -0.3 is 4.74 Å². The Hall–Kier alpha value is 0.759. The van der Waals surface area contributed by atoms with Crippen molar-refractivity contribution in [2.24, 2.45) is 0 Å². The normalized spacial score (nSPS) is 10.6. The van der Waals surface area contributed by atoms with E-state index in [1.54, 1.807) is 8.87 Å². The molecule has 158 valence electrons. The third kappa shape index (κ3) is 32.4. The molecule has 0 atom stereocenters. The topological polar surface area (TPSA) is 9.23 Å². The molecule has 0 aromatic heterocycles. The Labute approximate surface area is 178 Å². The zero-order chi connectivity index (χ0) is 19.6. The zero-order valence-electron chi connectivity index (χ0n) is 19.1. The number of hydrogen-bond acceptors (Lipinski definition) is 1. The predicted molar refractivity (Wildman–Crippen MR) is 123 cm³/mol. The van der Waals surface area contributed by atoms with E-state index in [0.29, 0.717) is 0 Å². The van der Waals surface area contributed by atoms with Crippen molar-refractivity contribution < 1.29 is 4.74 Å². The molecule has 2 radical (unpaired) electrons. The molecular formula is C24H52OSn. The van der Waals surface area contributed by atoms with Crippen molar-refractivity contribution in [1.82, 2.24) is 0 Å². The van der Waals surface area contributed by atoms with E-state index in [1.165, 1.54) is 103 Å². The maximum atomic E-state index is 5.65. The Morgan fingerprint density at radius 1 is 0.423 bits per heavy atom. The summed E-state index contributed by atoms with van der Waals surface area (Å²) in [6, 6.07) is 0. The molecule has 0 amide bonds. The molecule has 26 heavy (non-hydrogen) atoms. The van der Waals surface area contributed by atoms with Crippen molar-refractivity contribution in [3.8, 4) is 0 Å². The first kappa shape index (κ1) is 29.0. The van der Waals surface area contributed by atoms with Crippen molar-refractivity contribution in [3.63, 3.8) is 0 Å². The van der Waals surface area contributed by atoms with Crippen LogP contribution in [0, 0.1) is 0 Å². The molecule has 0 aromatic rings. The minimum absolute atomic E-state index is 0.149. The minimum atomic E-state index is 0.149. The van der Waals surface area contributed by atoms with Crippen LogP contribution in [0.2, 0.25) is 8.87 Å². The fourth-order valence-corrected chi connectivity index (χ4v) is 6.96. The number of ether oxygens (including phenoxy) is 1. The first-order valence-corrected chi connectivity index (χ1v) is 16.1. The molecule has 0 aromatic carbocycles. The average molecular weight is 475 g/mol. The Morgan fingerprint density at radius 3 is 1.15 bits per heavy atom. The van der Waals surface area contributed by atoms with E-state index in [0.717, 1.165) is 13.2 Å². The summed E-state index contributed by atoms with van der Waals surface area (Å²) in [5.41, 5.74) is 0. The molecule has 0 bridgehead atoms. The summed E-state index contributed by atoms with van der Waals surface area (Å²) in [5, 5.41) is 0. The van der Waals surface area contributed by atoms with E-state index in [-0.39, 0.29) is 21.1 Å². The first-order chi connectivity index (χ1) is 12.8. The third-order valence-electron chi connectivity index (χ3n) is 4.70. The van der Waals surface area contributed by atoms with Gasteiger partial charge in [-0.05, 0) is 12.8 Å². The van der Waals surface area contributed by atoms with E-state index in [9.17, 15) is 0 Å². The van der Waals surface area contributed by atoms with Crippen LogP contribution < -0.4 is 0 Å². The Balaban J connectivity index is 0. The summed E-state index contributed by atoms with van der Waals surface area (Å²) >= 11 is 0.149. The second kappa shape index (κ2) is 30.5. The van der Waals surface area contributed by atoms with Crippen LogP contribution in [0.15, 0.2) is 0 Å². The molecule has 0 saturated carbocycles. The molecule has 0 spiro atoms. The van der Waals surface area contributed by atoms with Crippen LogP contribution in [0.4, 0.5) is 0 Å². The molecule has 0 fully saturated rings. The van der Waals surface area contributed by atoms with E-state index < -0.39 is 0 Å². The van der Waals surface area contributed by atoms with Crippen LogP contribution in [0.25, 0.3) is 0 Å². The van der Waals surface area contributed by atoms with Gasteiger partial charge in [0.1, 0.15) is 0 Å². The van der Waals surface area contributed by atoms with E-state index >= 15 is 0 Å². The number of unbranched alkanes of at least 4 members (excludes halogenated alkanes) is 12. The van der Waals surface area contributed by atoms with E-state index in [2.05, 4.69) is 27.7 Å². The molecule has 0 heterocycles. The molecule has 0 N–H and O–H groups in total. The van der Waals surface area contributed by atoms with Crippen molar-refractivity contribution in [2.75, 3.05) is 13.2 Å². The molecule has 0 aliphatic rings. The molecule has 0 rings (SSSR count). The molecule has 1 nitrogen and oxygen atoms in total. The molecule has 2 heteroatoms. The molecule has 0 unspecified atom stereocenters. The monoisotopic (exact) mass is 476 g/mol. The average Bonchev–Trinajstić information content (AvgIpc) is 2.66. The van der Waals surface area contributed by atoms with Gasteiger partial charge in [0.05, 0.1) is 0 Å². The summed E-state index contributed by atoms with van der Waals surface area (Å²) in [6.07, 6.45) is 22.2. The van der Waals surface area contributed by atoms with E-state index in [4.69, 9.17) is 4.74 Å². The quantitative estimate of drug-likeness (QED) is 0.126. The van der Waals surface area contributed by atoms with Crippen LogP contribution >= 0.6 is 0 Å². The fourth-order valence-electron chi connectivity index (χ4n) is 2.80. The summed E-state index contributed by atoms with van der Waals surface area (Å²) in [4.78, 5) is 0. The molecule has 0 aliphatic heterocycles. The van der Waals surface area contributed by atoms with Crippen molar-refractivity contribution >= 4 is 21.1 Å². The second-order valence-corrected chi connectivity index (χ2v) is 11.9. The number of hydrogen-bond donors (Lipinski definition) is 0. The SMILES string of the molecule is CCCCCCCCOCCCCCCCC.CCC[CH2][Sn][CH2]CCC. The van der Waals surface area contributed by atoms with Gasteiger partial charge in [0.25, 0.3) is 0 Å². The van der Waals surface area contributed by atoms with Gasteiger partial charge in [0.15, 0.2) is 0 Å². The third-order valence-corrected chi connectivity index (χ3v) is 8.73. The molecular weight excluding hydrogens is 423 g/mol. The second-order valence-electron chi connectivity index (χ2n) is 7.61. The van der Waals surface area contributed by atoms with Gasteiger partial charge in [0.2, 0.25) is 0 Å². The van der Waals surface area contributed by atoms with Crippen LogP contribution in [-0.2, 0) is 4.74 Å². The van der Waals surface area contributed by atoms with Gasteiger partial charge in [-0.1, -0.05) is 78.1 Å². The number of rotatable bonds is 20. The van der Waals surface area contributed by atoms with Crippen molar-refractivity contribution in [3.05, 3.63) is 0 Å². The Bertz CT molecular complexity index is 188. The fraction of sp³-hybridized carbons (Fsp3) is 1.00. The Kier molecular flexibility index (Phi) is 34.0. The summed E-state index contributed by atoms with van der Waals surface area (Å²) in [7, 11) is 0.